The summed E-state index contributed by atoms with van der Waals surface area (Å²) in [5.74, 6) is 2.43. The maximum atomic E-state index is 12.7. The minimum atomic E-state index is -0.0543. The van der Waals surface area contributed by atoms with Crippen molar-refractivity contribution < 1.29 is 14.1 Å². The minimum absolute atomic E-state index is 0.0543. The van der Waals surface area contributed by atoms with Crippen LogP contribution in [-0.4, -0.2) is 22.5 Å². The average molecular weight is 444 g/mol. The van der Waals surface area contributed by atoms with E-state index in [9.17, 15) is 4.79 Å². The number of nitrogens with zero attached hydrogens (tertiary/aromatic N) is 1. The SMILES string of the molecule is CCSc1ccc(CC(=O)Nc2ccc([N+]3=CC(C)=C3)c(Oc3cccc(C)c3)c2)cc1. The zero-order valence-electron chi connectivity index (χ0n) is 18.6. The number of aryl methyl sites for hydroxylation is 1. The zero-order chi connectivity index (χ0) is 22.5. The monoisotopic (exact) mass is 443 g/mol. The third-order valence-electron chi connectivity index (χ3n) is 5.02. The van der Waals surface area contributed by atoms with Gasteiger partial charge in [0, 0.05) is 22.7 Å². The molecule has 3 aromatic carbocycles. The van der Waals surface area contributed by atoms with E-state index in [4.69, 9.17) is 4.74 Å². The molecule has 0 spiro atoms. The van der Waals surface area contributed by atoms with Gasteiger partial charge in [0.05, 0.1) is 12.0 Å². The van der Waals surface area contributed by atoms with E-state index in [0.29, 0.717) is 17.9 Å². The molecular formula is C27H27N2O2S+. The van der Waals surface area contributed by atoms with Crippen LogP contribution in [0.4, 0.5) is 11.4 Å². The van der Waals surface area contributed by atoms with Crippen LogP contribution < -0.4 is 10.1 Å². The van der Waals surface area contributed by atoms with E-state index in [1.165, 1.54) is 10.5 Å². The molecule has 1 heterocycles. The second kappa shape index (κ2) is 9.88. The first kappa shape index (κ1) is 21.9. The molecule has 0 unspecified atom stereocenters. The molecule has 3 aromatic rings. The summed E-state index contributed by atoms with van der Waals surface area (Å²) in [5.41, 5.74) is 4.96. The number of rotatable bonds is 8. The lowest BCUT2D eigenvalue weighted by atomic mass is 10.1. The molecule has 1 N–H and O–H groups in total. The molecule has 1 aliphatic rings. The van der Waals surface area contributed by atoms with Crippen molar-refractivity contribution in [1.82, 2.24) is 0 Å². The molecule has 0 saturated heterocycles. The molecule has 0 bridgehead atoms. The summed E-state index contributed by atoms with van der Waals surface area (Å²) in [5, 5.41) is 3.01. The van der Waals surface area contributed by atoms with E-state index in [2.05, 4.69) is 43.7 Å². The van der Waals surface area contributed by atoms with Gasteiger partial charge in [0.25, 0.3) is 5.69 Å². The zero-order valence-corrected chi connectivity index (χ0v) is 19.4. The molecule has 162 valence electrons. The average Bonchev–Trinajstić information content (AvgIpc) is 2.74. The summed E-state index contributed by atoms with van der Waals surface area (Å²) in [7, 11) is 0. The molecule has 0 aromatic heterocycles. The van der Waals surface area contributed by atoms with Crippen molar-refractivity contribution in [2.24, 2.45) is 0 Å². The van der Waals surface area contributed by atoms with Gasteiger partial charge in [-0.3, -0.25) is 4.79 Å². The molecule has 0 fully saturated rings. The molecule has 1 amide bonds. The van der Waals surface area contributed by atoms with Gasteiger partial charge < -0.3 is 10.1 Å². The lowest BCUT2D eigenvalue weighted by Crippen LogP contribution is -2.15. The normalized spacial score (nSPS) is 12.5. The molecule has 0 radical (unpaired) electrons. The van der Waals surface area contributed by atoms with E-state index in [0.717, 1.165) is 28.3 Å². The van der Waals surface area contributed by atoms with E-state index in [1.54, 1.807) is 11.8 Å². The van der Waals surface area contributed by atoms with Crippen LogP contribution >= 0.6 is 11.8 Å². The molecule has 0 aliphatic carbocycles. The Hall–Kier alpha value is -3.31. The van der Waals surface area contributed by atoms with Gasteiger partial charge in [-0.25, -0.2) is 0 Å². The number of allylic oxidation sites excluding steroid dienone is 1. The van der Waals surface area contributed by atoms with Crippen molar-refractivity contribution in [1.29, 1.82) is 0 Å². The summed E-state index contributed by atoms with van der Waals surface area (Å²) in [4.78, 5) is 13.9. The van der Waals surface area contributed by atoms with E-state index in [1.807, 2.05) is 66.1 Å². The third kappa shape index (κ3) is 5.48. The Morgan fingerprint density at radius 2 is 1.81 bits per heavy atom. The van der Waals surface area contributed by atoms with Gasteiger partial charge in [-0.1, -0.05) is 31.2 Å². The predicted molar refractivity (Wildman–Crippen MR) is 133 cm³/mol. The van der Waals surface area contributed by atoms with Crippen LogP contribution in [0.1, 0.15) is 25.0 Å². The number of benzene rings is 3. The third-order valence-corrected chi connectivity index (χ3v) is 5.92. The summed E-state index contributed by atoms with van der Waals surface area (Å²) in [6, 6.07) is 21.9. The first-order valence-electron chi connectivity index (χ1n) is 10.7. The maximum absolute atomic E-state index is 12.7. The van der Waals surface area contributed by atoms with Crippen molar-refractivity contribution >= 4 is 35.3 Å². The first-order valence-corrected chi connectivity index (χ1v) is 11.7. The van der Waals surface area contributed by atoms with Crippen LogP contribution in [-0.2, 0) is 11.2 Å². The Kier molecular flexibility index (Phi) is 6.76. The smallest absolute Gasteiger partial charge is 0.253 e. The van der Waals surface area contributed by atoms with Crippen LogP contribution in [0.25, 0.3) is 0 Å². The quantitative estimate of drug-likeness (QED) is 0.311. The second-order valence-electron chi connectivity index (χ2n) is 7.81. The van der Waals surface area contributed by atoms with Crippen LogP contribution in [0.5, 0.6) is 11.5 Å². The molecule has 1 aliphatic heterocycles. The molecule has 5 heteroatoms. The highest BCUT2D eigenvalue weighted by atomic mass is 32.2. The van der Waals surface area contributed by atoms with Crippen LogP contribution in [0.2, 0.25) is 0 Å². The molecule has 32 heavy (non-hydrogen) atoms. The molecular weight excluding hydrogens is 416 g/mol. The predicted octanol–water partition coefficient (Wildman–Crippen LogP) is 6.71. The Morgan fingerprint density at radius 1 is 1.03 bits per heavy atom. The highest BCUT2D eigenvalue weighted by Crippen LogP contribution is 2.36. The highest BCUT2D eigenvalue weighted by Gasteiger charge is 2.22. The lowest BCUT2D eigenvalue weighted by molar-refractivity contribution is -0.368. The number of nitrogens with one attached hydrogen (secondary N) is 1. The Morgan fingerprint density at radius 3 is 2.50 bits per heavy atom. The summed E-state index contributed by atoms with van der Waals surface area (Å²) >= 11 is 1.79. The fraction of sp³-hybridized carbons (Fsp3) is 0.185. The molecule has 0 atom stereocenters. The van der Waals surface area contributed by atoms with Gasteiger partial charge in [-0.05, 0) is 61.1 Å². The van der Waals surface area contributed by atoms with Crippen molar-refractivity contribution in [3.8, 4) is 11.5 Å². The van der Waals surface area contributed by atoms with Gasteiger partial charge in [0.1, 0.15) is 5.75 Å². The van der Waals surface area contributed by atoms with Crippen LogP contribution in [0, 0.1) is 6.92 Å². The van der Waals surface area contributed by atoms with Crippen LogP contribution in [0.15, 0.2) is 83.4 Å². The Labute approximate surface area is 193 Å². The lowest BCUT2D eigenvalue weighted by Gasteiger charge is -2.13. The standard InChI is InChI=1S/C27H26N2O2S/c1-4-32-24-11-8-21(9-12-24)15-27(30)28-22-10-13-25(29-17-20(3)18-29)26(16-22)31-23-7-5-6-19(2)14-23/h5-14,16-18H,4,15H2,1-3H3/p+1. The van der Waals surface area contributed by atoms with Gasteiger partial charge in [0.2, 0.25) is 11.7 Å². The van der Waals surface area contributed by atoms with Crippen molar-refractivity contribution in [2.45, 2.75) is 32.1 Å². The molecule has 4 nitrogen and oxygen atoms in total. The second-order valence-corrected chi connectivity index (χ2v) is 9.15. The van der Waals surface area contributed by atoms with Crippen molar-refractivity contribution in [3.63, 3.8) is 0 Å². The number of thioether (sulfide) groups is 1. The first-order chi connectivity index (χ1) is 15.5. The number of hydrogen-bond acceptors (Lipinski definition) is 3. The maximum Gasteiger partial charge on any atom is 0.253 e. The minimum Gasteiger partial charge on any atom is -0.450 e. The van der Waals surface area contributed by atoms with E-state index >= 15 is 0 Å². The van der Waals surface area contributed by atoms with E-state index in [-0.39, 0.29) is 5.91 Å². The number of anilines is 1. The summed E-state index contributed by atoms with van der Waals surface area (Å²) < 4.78 is 8.24. The summed E-state index contributed by atoms with van der Waals surface area (Å²) in [6.07, 6.45) is 4.43. The largest absolute Gasteiger partial charge is 0.450 e. The topological polar surface area (TPSA) is 41.3 Å². The number of carbonyl (C=O) groups is 1. The van der Waals surface area contributed by atoms with Gasteiger partial charge in [-0.15, -0.1) is 11.8 Å². The van der Waals surface area contributed by atoms with Crippen molar-refractivity contribution in [3.05, 3.63) is 89.6 Å². The number of carbonyl (C=O) groups excluding carboxylic acids is 1. The highest BCUT2D eigenvalue weighted by molar-refractivity contribution is 7.99. The van der Waals surface area contributed by atoms with Crippen molar-refractivity contribution in [2.75, 3.05) is 11.1 Å². The summed E-state index contributed by atoms with van der Waals surface area (Å²) in [6.45, 7) is 6.22. The number of hydrogen-bond donors (Lipinski definition) is 1. The fourth-order valence-electron chi connectivity index (χ4n) is 3.52. The molecule has 4 rings (SSSR count). The number of ether oxygens (including phenoxy) is 1. The molecule has 0 saturated carbocycles. The fourth-order valence-corrected chi connectivity index (χ4v) is 4.18. The number of amides is 1. The van der Waals surface area contributed by atoms with Crippen LogP contribution in [0.3, 0.4) is 0 Å². The van der Waals surface area contributed by atoms with E-state index < -0.39 is 0 Å². The van der Waals surface area contributed by atoms with Gasteiger partial charge in [0.15, 0.2) is 12.4 Å². The van der Waals surface area contributed by atoms with Gasteiger partial charge >= 0.3 is 0 Å². The van der Waals surface area contributed by atoms with Gasteiger partial charge in [-0.2, -0.15) is 4.58 Å². The Balaban J connectivity index is 1.51. The Bertz CT molecular complexity index is 1200.